The number of benzene rings is 2. The molecule has 0 aliphatic heterocycles. The number of nitrogens with one attached hydrogen (secondary N) is 3. The first-order valence-corrected chi connectivity index (χ1v) is 16.1. The Labute approximate surface area is 296 Å². The van der Waals surface area contributed by atoms with Crippen LogP contribution in [0, 0.1) is 0 Å². The topological polar surface area (TPSA) is 266 Å². The molecule has 0 aromatic heterocycles. The van der Waals surface area contributed by atoms with Crippen molar-refractivity contribution in [2.75, 3.05) is 117 Å². The highest BCUT2D eigenvalue weighted by Gasteiger charge is 2.06. The van der Waals surface area contributed by atoms with Crippen LogP contribution in [0.4, 0.5) is 11.4 Å². The van der Waals surface area contributed by atoms with Gasteiger partial charge >= 0.3 is 0 Å². The number of amides is 3. The Morgan fingerprint density at radius 3 is 1.31 bits per heavy atom. The van der Waals surface area contributed by atoms with E-state index in [-0.39, 0.29) is 17.7 Å². The highest BCUT2D eigenvalue weighted by molar-refractivity contribution is 5.95. The zero-order valence-corrected chi connectivity index (χ0v) is 28.9. The molecule has 0 aliphatic rings. The number of hydrogen-bond acceptors (Lipinski definition) is 12. The fourth-order valence-corrected chi connectivity index (χ4v) is 3.60. The van der Waals surface area contributed by atoms with Gasteiger partial charge in [0.25, 0.3) is 11.8 Å². The molecule has 0 saturated carbocycles. The largest absolute Gasteiger partial charge is 0.399 e. The first-order valence-electron chi connectivity index (χ1n) is 16.1. The molecule has 0 atom stereocenters. The second-order valence-electron chi connectivity index (χ2n) is 9.98. The number of azide groups is 2. The maximum atomic E-state index is 12.0. The van der Waals surface area contributed by atoms with E-state index < -0.39 is 0 Å². The lowest BCUT2D eigenvalue weighted by molar-refractivity contribution is -0.114. The number of nitrogen functional groups attached to an aromatic ring is 1. The predicted molar refractivity (Wildman–Crippen MR) is 189 cm³/mol. The highest BCUT2D eigenvalue weighted by Crippen LogP contribution is 2.09. The summed E-state index contributed by atoms with van der Waals surface area (Å²) in [6.07, 6.45) is 0. The standard InChI is InChI=1S/C17H25N5O5.C15H23N5O4/c1-14(23)21-16-4-2-15(3-5-16)17(24)19-6-8-25-10-12-27-13-11-26-9-7-20-22-18;16-14-3-1-13(2-4-14)15(21)18-5-7-22-9-11-24-12-10-23-8-6-19-20-17/h2-5H,6-13H2,1H3,(H,19,24)(H,21,23);1-4H,5-12,16H2,(H,18,21). The summed E-state index contributed by atoms with van der Waals surface area (Å²) in [5.41, 5.74) is 24.0. The first-order chi connectivity index (χ1) is 24.9. The van der Waals surface area contributed by atoms with E-state index in [1.807, 2.05) is 0 Å². The van der Waals surface area contributed by atoms with Gasteiger partial charge < -0.3 is 50.1 Å². The minimum Gasteiger partial charge on any atom is -0.399 e. The van der Waals surface area contributed by atoms with Crippen LogP contribution in [0.2, 0.25) is 0 Å². The van der Waals surface area contributed by atoms with Gasteiger partial charge in [-0.25, -0.2) is 0 Å². The van der Waals surface area contributed by atoms with Crippen LogP contribution in [-0.2, 0) is 33.2 Å². The molecule has 0 spiro atoms. The smallest absolute Gasteiger partial charge is 0.251 e. The van der Waals surface area contributed by atoms with Crippen molar-refractivity contribution in [3.05, 3.63) is 80.5 Å². The number of rotatable bonds is 27. The molecule has 2 rings (SSSR count). The Bertz CT molecular complexity index is 1340. The molecule has 2 aromatic rings. The lowest BCUT2D eigenvalue weighted by Gasteiger charge is -2.08. The van der Waals surface area contributed by atoms with Gasteiger partial charge in [-0.1, -0.05) is 10.2 Å². The third-order valence-electron chi connectivity index (χ3n) is 5.99. The Kier molecular flexibility index (Phi) is 26.8. The molecule has 19 heteroatoms. The summed E-state index contributed by atoms with van der Waals surface area (Å²) < 4.78 is 31.7. The van der Waals surface area contributed by atoms with Gasteiger partial charge in [-0.3, -0.25) is 14.4 Å². The van der Waals surface area contributed by atoms with E-state index in [1.165, 1.54) is 6.92 Å². The quantitative estimate of drug-likeness (QED) is 0.0345. The van der Waals surface area contributed by atoms with Crippen molar-refractivity contribution >= 4 is 29.1 Å². The number of ether oxygens (including phenoxy) is 6. The summed E-state index contributed by atoms with van der Waals surface area (Å²) >= 11 is 0. The summed E-state index contributed by atoms with van der Waals surface area (Å²) in [7, 11) is 0. The maximum absolute atomic E-state index is 12.0. The van der Waals surface area contributed by atoms with E-state index in [0.29, 0.717) is 128 Å². The lowest BCUT2D eigenvalue weighted by Crippen LogP contribution is -2.27. The summed E-state index contributed by atoms with van der Waals surface area (Å²) in [5.74, 6) is -0.527. The van der Waals surface area contributed by atoms with Gasteiger partial charge in [0, 0.05) is 65.4 Å². The summed E-state index contributed by atoms with van der Waals surface area (Å²) in [6, 6.07) is 13.3. The third kappa shape index (κ3) is 25.6. The average Bonchev–Trinajstić information content (AvgIpc) is 3.12. The Morgan fingerprint density at radius 2 is 0.941 bits per heavy atom. The fraction of sp³-hybridized carbons (Fsp3) is 0.531. The highest BCUT2D eigenvalue weighted by atomic mass is 16.5. The van der Waals surface area contributed by atoms with Gasteiger partial charge in [-0.2, -0.15) is 0 Å². The number of carbonyl (C=O) groups excluding carboxylic acids is 3. The van der Waals surface area contributed by atoms with E-state index in [4.69, 9.17) is 45.2 Å². The molecule has 0 radical (unpaired) electrons. The molecule has 5 N–H and O–H groups in total. The molecule has 0 aliphatic carbocycles. The molecule has 51 heavy (non-hydrogen) atoms. The first kappa shape index (κ1) is 44.1. The molecule has 280 valence electrons. The Balaban J connectivity index is 0.000000514. The zero-order valence-electron chi connectivity index (χ0n) is 28.9. The van der Waals surface area contributed by atoms with E-state index >= 15 is 0 Å². The van der Waals surface area contributed by atoms with E-state index in [0.717, 1.165) is 0 Å². The van der Waals surface area contributed by atoms with Gasteiger partial charge in [0.1, 0.15) is 0 Å². The molecule has 0 saturated heterocycles. The van der Waals surface area contributed by atoms with Gasteiger partial charge in [-0.05, 0) is 59.6 Å². The molecule has 0 bridgehead atoms. The van der Waals surface area contributed by atoms with Crippen LogP contribution in [0.1, 0.15) is 27.6 Å². The SMILES string of the molecule is CC(=O)Nc1ccc(C(=O)NCCOCCOCCOCCN=[N+]=[N-])cc1.[N-]=[N+]=NCCOCCOCCOCCNC(=O)c1ccc(N)cc1. The van der Waals surface area contributed by atoms with Gasteiger partial charge in [0.05, 0.1) is 79.3 Å². The normalized spacial score (nSPS) is 10.1. The molecule has 0 fully saturated rings. The minimum atomic E-state index is -0.206. The number of nitrogens with zero attached hydrogens (tertiary/aromatic N) is 6. The van der Waals surface area contributed by atoms with E-state index in [1.54, 1.807) is 48.5 Å². The van der Waals surface area contributed by atoms with Crippen molar-refractivity contribution in [2.24, 2.45) is 10.2 Å². The lowest BCUT2D eigenvalue weighted by atomic mass is 10.2. The minimum absolute atomic E-state index is 0.160. The van der Waals surface area contributed by atoms with Crippen molar-refractivity contribution in [3.8, 4) is 0 Å². The van der Waals surface area contributed by atoms with Crippen molar-refractivity contribution in [1.82, 2.24) is 10.6 Å². The predicted octanol–water partition coefficient (Wildman–Crippen LogP) is 3.09. The molecule has 3 amide bonds. The fourth-order valence-electron chi connectivity index (χ4n) is 3.60. The number of anilines is 2. The maximum Gasteiger partial charge on any atom is 0.251 e. The van der Waals surface area contributed by atoms with Crippen molar-refractivity contribution in [1.29, 1.82) is 0 Å². The Hall–Kier alpha value is -4.97. The van der Waals surface area contributed by atoms with E-state index in [9.17, 15) is 14.4 Å². The number of hydrogen-bond donors (Lipinski definition) is 4. The molecular weight excluding hydrogens is 668 g/mol. The average molecular weight is 717 g/mol. The van der Waals surface area contributed by atoms with Crippen LogP contribution in [0.3, 0.4) is 0 Å². The van der Waals surface area contributed by atoms with Crippen LogP contribution in [0.25, 0.3) is 20.9 Å². The van der Waals surface area contributed by atoms with Crippen LogP contribution >= 0.6 is 0 Å². The molecule has 0 unspecified atom stereocenters. The molecule has 2 aromatic carbocycles. The van der Waals surface area contributed by atoms with Crippen LogP contribution in [0.5, 0.6) is 0 Å². The Morgan fingerprint density at radius 1 is 0.588 bits per heavy atom. The second-order valence-corrected chi connectivity index (χ2v) is 9.98. The monoisotopic (exact) mass is 716 g/mol. The zero-order chi connectivity index (χ0) is 37.2. The molecule has 0 heterocycles. The van der Waals surface area contributed by atoms with Crippen LogP contribution < -0.4 is 21.7 Å². The van der Waals surface area contributed by atoms with Crippen molar-refractivity contribution < 1.29 is 42.8 Å². The third-order valence-corrected chi connectivity index (χ3v) is 5.99. The van der Waals surface area contributed by atoms with Crippen LogP contribution in [-0.4, -0.2) is 123 Å². The number of carbonyl (C=O) groups is 3. The number of nitrogens with two attached hydrogens (primary N) is 1. The van der Waals surface area contributed by atoms with Gasteiger partial charge in [0.2, 0.25) is 5.91 Å². The summed E-state index contributed by atoms with van der Waals surface area (Å²) in [4.78, 5) is 39.9. The van der Waals surface area contributed by atoms with Gasteiger partial charge in [0.15, 0.2) is 0 Å². The van der Waals surface area contributed by atoms with Crippen LogP contribution in [0.15, 0.2) is 58.8 Å². The second kappa shape index (κ2) is 31.0. The van der Waals surface area contributed by atoms with Crippen molar-refractivity contribution in [2.45, 2.75) is 6.92 Å². The summed E-state index contributed by atoms with van der Waals surface area (Å²) in [5, 5.41) is 14.8. The van der Waals surface area contributed by atoms with E-state index in [2.05, 4.69) is 36.0 Å². The molecule has 19 nitrogen and oxygen atoms in total. The summed E-state index contributed by atoms with van der Waals surface area (Å²) in [6.45, 7) is 7.90. The van der Waals surface area contributed by atoms with Gasteiger partial charge in [-0.15, -0.1) is 0 Å². The molecular formula is C32H48N10O9. The van der Waals surface area contributed by atoms with Crippen molar-refractivity contribution in [3.63, 3.8) is 0 Å².